The van der Waals surface area contributed by atoms with Crippen molar-refractivity contribution >= 4 is 5.91 Å². The average molecular weight is 385 g/mol. The first-order chi connectivity index (χ1) is 14.2. The molecule has 0 bridgehead atoms. The smallest absolute Gasteiger partial charge is 0.234 e. The number of carbonyl (C=O) groups excluding carboxylic acids is 1. The molecule has 0 atom stereocenters. The van der Waals surface area contributed by atoms with Gasteiger partial charge in [0, 0.05) is 32.7 Å². The molecule has 1 heterocycles. The molecule has 1 fully saturated rings. The molecule has 148 valence electrons. The first kappa shape index (κ1) is 19.4. The van der Waals surface area contributed by atoms with E-state index in [1.54, 1.807) is 0 Å². The number of hydrogen-bond acceptors (Lipinski definition) is 2. The number of rotatable bonds is 5. The van der Waals surface area contributed by atoms with Gasteiger partial charge < -0.3 is 4.90 Å². The van der Waals surface area contributed by atoms with Crippen molar-refractivity contribution in [3.63, 3.8) is 0 Å². The molecular formula is C26H28N2O. The van der Waals surface area contributed by atoms with Gasteiger partial charge in [0.05, 0.1) is 5.92 Å². The lowest BCUT2D eigenvalue weighted by molar-refractivity contribution is -0.133. The van der Waals surface area contributed by atoms with Gasteiger partial charge in [-0.1, -0.05) is 90.5 Å². The van der Waals surface area contributed by atoms with Crippen LogP contribution in [0.3, 0.4) is 0 Å². The molecule has 3 aromatic rings. The standard InChI is InChI=1S/C26H28N2O/c1-21-12-14-22(15-13-21)20-27-16-18-28(19-17-27)26(29)25(23-8-4-2-5-9-23)24-10-6-3-7-11-24/h2-15,25H,16-20H2,1H3. The monoisotopic (exact) mass is 384 g/mol. The minimum atomic E-state index is -0.235. The minimum Gasteiger partial charge on any atom is -0.339 e. The average Bonchev–Trinajstić information content (AvgIpc) is 2.77. The fraction of sp³-hybridized carbons (Fsp3) is 0.269. The van der Waals surface area contributed by atoms with Gasteiger partial charge >= 0.3 is 0 Å². The molecule has 0 spiro atoms. The summed E-state index contributed by atoms with van der Waals surface area (Å²) in [5.41, 5.74) is 4.75. The van der Waals surface area contributed by atoms with E-state index < -0.39 is 0 Å². The summed E-state index contributed by atoms with van der Waals surface area (Å²) in [5, 5.41) is 0. The molecule has 0 saturated carbocycles. The Morgan fingerprint density at radius 3 is 1.79 bits per heavy atom. The molecule has 3 heteroatoms. The summed E-state index contributed by atoms with van der Waals surface area (Å²) in [6.45, 7) is 6.45. The molecule has 4 rings (SSSR count). The molecule has 1 aliphatic heterocycles. The Labute approximate surface area is 173 Å². The van der Waals surface area contributed by atoms with Crippen LogP contribution in [0.25, 0.3) is 0 Å². The zero-order chi connectivity index (χ0) is 20.1. The third-order valence-corrected chi connectivity index (χ3v) is 5.72. The Bertz CT molecular complexity index is 874. The largest absolute Gasteiger partial charge is 0.339 e. The van der Waals surface area contributed by atoms with Crippen LogP contribution in [0.1, 0.15) is 28.2 Å². The maximum absolute atomic E-state index is 13.5. The molecule has 3 nitrogen and oxygen atoms in total. The van der Waals surface area contributed by atoms with E-state index in [0.29, 0.717) is 0 Å². The van der Waals surface area contributed by atoms with Crippen LogP contribution in [0.15, 0.2) is 84.9 Å². The molecule has 29 heavy (non-hydrogen) atoms. The quantitative estimate of drug-likeness (QED) is 0.648. The van der Waals surface area contributed by atoms with E-state index in [9.17, 15) is 4.79 Å². The number of carbonyl (C=O) groups is 1. The zero-order valence-corrected chi connectivity index (χ0v) is 17.0. The van der Waals surface area contributed by atoms with Crippen LogP contribution >= 0.6 is 0 Å². The predicted molar refractivity (Wildman–Crippen MR) is 118 cm³/mol. The number of nitrogens with zero attached hydrogens (tertiary/aromatic N) is 2. The molecular weight excluding hydrogens is 356 g/mol. The van der Waals surface area contributed by atoms with Gasteiger partial charge in [-0.05, 0) is 23.6 Å². The van der Waals surface area contributed by atoms with Crippen molar-refractivity contribution < 1.29 is 4.79 Å². The van der Waals surface area contributed by atoms with Crippen LogP contribution in [0.2, 0.25) is 0 Å². The minimum absolute atomic E-state index is 0.206. The highest BCUT2D eigenvalue weighted by molar-refractivity contribution is 5.87. The van der Waals surface area contributed by atoms with Gasteiger partial charge in [-0.25, -0.2) is 0 Å². The molecule has 0 N–H and O–H groups in total. The number of hydrogen-bond donors (Lipinski definition) is 0. The number of aryl methyl sites for hydroxylation is 1. The van der Waals surface area contributed by atoms with Crippen LogP contribution < -0.4 is 0 Å². The van der Waals surface area contributed by atoms with Crippen LogP contribution in [0, 0.1) is 6.92 Å². The maximum atomic E-state index is 13.5. The van der Waals surface area contributed by atoms with Gasteiger partial charge in [0.15, 0.2) is 0 Å². The van der Waals surface area contributed by atoms with Gasteiger partial charge in [-0.2, -0.15) is 0 Å². The van der Waals surface area contributed by atoms with Gasteiger partial charge in [-0.3, -0.25) is 9.69 Å². The summed E-state index contributed by atoms with van der Waals surface area (Å²) in [5.74, 6) is -0.0292. The third-order valence-electron chi connectivity index (χ3n) is 5.72. The van der Waals surface area contributed by atoms with Crippen LogP contribution in [-0.2, 0) is 11.3 Å². The van der Waals surface area contributed by atoms with E-state index in [2.05, 4.69) is 60.4 Å². The second-order valence-electron chi connectivity index (χ2n) is 7.84. The number of benzene rings is 3. The molecule has 0 aromatic heterocycles. The summed E-state index contributed by atoms with van der Waals surface area (Å²) in [4.78, 5) is 18.0. The highest BCUT2D eigenvalue weighted by atomic mass is 16.2. The summed E-state index contributed by atoms with van der Waals surface area (Å²) in [7, 11) is 0. The molecule has 0 radical (unpaired) electrons. The summed E-state index contributed by atoms with van der Waals surface area (Å²) >= 11 is 0. The predicted octanol–water partition coefficient (Wildman–Crippen LogP) is 4.47. The summed E-state index contributed by atoms with van der Waals surface area (Å²) in [6.07, 6.45) is 0. The van der Waals surface area contributed by atoms with E-state index in [4.69, 9.17) is 0 Å². The SMILES string of the molecule is Cc1ccc(CN2CCN(C(=O)C(c3ccccc3)c3ccccc3)CC2)cc1. The van der Waals surface area contributed by atoms with Crippen LogP contribution in [0.5, 0.6) is 0 Å². The van der Waals surface area contributed by atoms with Crippen LogP contribution in [-0.4, -0.2) is 41.9 Å². The Balaban J connectivity index is 1.45. The van der Waals surface area contributed by atoms with Gasteiger partial charge in [-0.15, -0.1) is 0 Å². The third kappa shape index (κ3) is 4.75. The van der Waals surface area contributed by atoms with Crippen molar-refractivity contribution in [1.82, 2.24) is 9.80 Å². The first-order valence-electron chi connectivity index (χ1n) is 10.4. The molecule has 1 amide bonds. The topological polar surface area (TPSA) is 23.6 Å². The Morgan fingerprint density at radius 1 is 0.759 bits per heavy atom. The Hall–Kier alpha value is -2.91. The summed E-state index contributed by atoms with van der Waals surface area (Å²) < 4.78 is 0. The Kier molecular flexibility index (Phi) is 6.06. The highest BCUT2D eigenvalue weighted by Crippen LogP contribution is 2.27. The molecule has 0 aliphatic carbocycles. The Morgan fingerprint density at radius 2 is 1.28 bits per heavy atom. The normalized spacial score (nSPS) is 14.9. The second-order valence-corrected chi connectivity index (χ2v) is 7.84. The lowest BCUT2D eigenvalue weighted by Gasteiger charge is -2.36. The van der Waals surface area contributed by atoms with Gasteiger partial charge in [0.2, 0.25) is 5.91 Å². The first-order valence-corrected chi connectivity index (χ1v) is 10.4. The van der Waals surface area contributed by atoms with E-state index >= 15 is 0 Å². The van der Waals surface area contributed by atoms with Crippen molar-refractivity contribution in [2.75, 3.05) is 26.2 Å². The van der Waals surface area contributed by atoms with E-state index in [1.165, 1.54) is 11.1 Å². The van der Waals surface area contributed by atoms with Gasteiger partial charge in [0.25, 0.3) is 0 Å². The zero-order valence-electron chi connectivity index (χ0n) is 17.0. The van der Waals surface area contributed by atoms with Gasteiger partial charge in [0.1, 0.15) is 0 Å². The van der Waals surface area contributed by atoms with Crippen molar-refractivity contribution in [2.45, 2.75) is 19.4 Å². The number of amides is 1. The van der Waals surface area contributed by atoms with Crippen molar-refractivity contribution in [3.05, 3.63) is 107 Å². The highest BCUT2D eigenvalue weighted by Gasteiger charge is 2.29. The summed E-state index contributed by atoms with van der Waals surface area (Å²) in [6, 6.07) is 29.0. The lowest BCUT2D eigenvalue weighted by Crippen LogP contribution is -2.49. The van der Waals surface area contributed by atoms with Crippen molar-refractivity contribution in [1.29, 1.82) is 0 Å². The molecule has 1 saturated heterocycles. The molecule has 3 aromatic carbocycles. The van der Waals surface area contributed by atoms with E-state index in [0.717, 1.165) is 43.9 Å². The lowest BCUT2D eigenvalue weighted by atomic mass is 9.90. The fourth-order valence-corrected chi connectivity index (χ4v) is 4.03. The van der Waals surface area contributed by atoms with E-state index in [-0.39, 0.29) is 11.8 Å². The van der Waals surface area contributed by atoms with Crippen LogP contribution in [0.4, 0.5) is 0 Å². The van der Waals surface area contributed by atoms with Crippen molar-refractivity contribution in [2.24, 2.45) is 0 Å². The van der Waals surface area contributed by atoms with E-state index in [1.807, 2.05) is 41.3 Å². The molecule has 0 unspecified atom stereocenters. The van der Waals surface area contributed by atoms with Crippen molar-refractivity contribution in [3.8, 4) is 0 Å². The fourth-order valence-electron chi connectivity index (χ4n) is 4.03. The maximum Gasteiger partial charge on any atom is 0.234 e. The molecule has 1 aliphatic rings. The second kappa shape index (κ2) is 9.06. The number of piperazine rings is 1.